The standard InChI is InChI=1S/C12H21N6O10P3/c1-6(26-30(22,23)28-31(24,25)27-29(19,20)21)7-2-3-8(4-7)18-5-15-9-10(13)16-12(14)17-11(9)18/h5-8H,2-4H2,1H3,(H,22,23)(H,24,25)(H2,19,20,21)(H4,13,14,16,17)/t6?,7-,8+/m1/s1. The van der Waals surface area contributed by atoms with Gasteiger partial charge >= 0.3 is 23.5 Å². The molecular formula is C12H21N6O10P3. The second-order valence-corrected chi connectivity index (χ2v) is 11.3. The van der Waals surface area contributed by atoms with Crippen LogP contribution < -0.4 is 11.5 Å². The van der Waals surface area contributed by atoms with Gasteiger partial charge in [-0.25, -0.2) is 18.7 Å². The third-order valence-electron chi connectivity index (χ3n) is 4.68. The maximum absolute atomic E-state index is 12.0. The fraction of sp³-hybridized carbons (Fsp3) is 0.583. The first-order chi connectivity index (χ1) is 14.2. The Hall–Kier alpha value is -1.44. The van der Waals surface area contributed by atoms with Crippen LogP contribution in [0.2, 0.25) is 0 Å². The molecule has 16 nitrogen and oxygen atoms in total. The van der Waals surface area contributed by atoms with Gasteiger partial charge < -0.3 is 35.6 Å². The van der Waals surface area contributed by atoms with Gasteiger partial charge in [0.05, 0.1) is 12.4 Å². The van der Waals surface area contributed by atoms with Gasteiger partial charge in [0.2, 0.25) is 5.95 Å². The molecule has 0 bridgehead atoms. The zero-order valence-electron chi connectivity index (χ0n) is 16.0. The van der Waals surface area contributed by atoms with Crippen LogP contribution in [0.15, 0.2) is 6.33 Å². The molecule has 1 aliphatic rings. The number of fused-ring (bicyclic) bond motifs is 1. The molecule has 2 aromatic rings. The van der Waals surface area contributed by atoms with E-state index in [4.69, 9.17) is 25.8 Å². The molecule has 31 heavy (non-hydrogen) atoms. The fourth-order valence-electron chi connectivity index (χ4n) is 3.49. The van der Waals surface area contributed by atoms with Crippen molar-refractivity contribution in [3.63, 3.8) is 0 Å². The van der Waals surface area contributed by atoms with Crippen LogP contribution in [0.5, 0.6) is 0 Å². The smallest absolute Gasteiger partial charge is 0.382 e. The van der Waals surface area contributed by atoms with Crippen molar-refractivity contribution in [1.29, 1.82) is 0 Å². The highest BCUT2D eigenvalue weighted by Gasteiger charge is 2.43. The molecule has 19 heteroatoms. The van der Waals surface area contributed by atoms with Gasteiger partial charge in [0.15, 0.2) is 11.5 Å². The predicted octanol–water partition coefficient (Wildman–Crippen LogP) is 1.06. The lowest BCUT2D eigenvalue weighted by Gasteiger charge is -2.23. The van der Waals surface area contributed by atoms with Gasteiger partial charge in [-0.05, 0) is 32.1 Å². The summed E-state index contributed by atoms with van der Waals surface area (Å²) in [5.74, 6) is -0.150. The Balaban J connectivity index is 1.67. The first-order valence-corrected chi connectivity index (χ1v) is 13.3. The van der Waals surface area contributed by atoms with Gasteiger partial charge in [0.1, 0.15) is 5.52 Å². The van der Waals surface area contributed by atoms with Crippen LogP contribution >= 0.6 is 23.5 Å². The first kappa shape index (κ1) is 24.2. The number of rotatable bonds is 8. The molecule has 0 aromatic carbocycles. The summed E-state index contributed by atoms with van der Waals surface area (Å²) in [6, 6.07) is -0.115. The van der Waals surface area contributed by atoms with Crippen LogP contribution in [0, 0.1) is 5.92 Å². The van der Waals surface area contributed by atoms with Crippen LogP contribution in [0.4, 0.5) is 11.8 Å². The monoisotopic (exact) mass is 502 g/mol. The van der Waals surface area contributed by atoms with Crippen molar-refractivity contribution in [2.24, 2.45) is 5.92 Å². The number of nitrogens with two attached hydrogens (primary N) is 2. The molecule has 8 N–H and O–H groups in total. The average Bonchev–Trinajstić information content (AvgIpc) is 3.16. The third kappa shape index (κ3) is 6.08. The van der Waals surface area contributed by atoms with E-state index >= 15 is 0 Å². The average molecular weight is 502 g/mol. The van der Waals surface area contributed by atoms with Crippen LogP contribution in [0.25, 0.3) is 11.2 Å². The molecule has 0 aliphatic heterocycles. The van der Waals surface area contributed by atoms with Crippen LogP contribution in [-0.4, -0.2) is 45.2 Å². The summed E-state index contributed by atoms with van der Waals surface area (Å²) in [6.07, 6.45) is 2.26. The van der Waals surface area contributed by atoms with E-state index in [0.29, 0.717) is 30.4 Å². The molecule has 0 spiro atoms. The maximum atomic E-state index is 12.0. The van der Waals surface area contributed by atoms with Crippen molar-refractivity contribution in [1.82, 2.24) is 19.5 Å². The number of nitrogen functional groups attached to an aromatic ring is 2. The maximum Gasteiger partial charge on any atom is 0.490 e. The Morgan fingerprint density at radius 1 is 1.10 bits per heavy atom. The van der Waals surface area contributed by atoms with Crippen molar-refractivity contribution in [3.05, 3.63) is 6.33 Å². The predicted molar refractivity (Wildman–Crippen MR) is 105 cm³/mol. The molecule has 1 fully saturated rings. The second kappa shape index (κ2) is 8.49. The summed E-state index contributed by atoms with van der Waals surface area (Å²) in [7, 11) is -16.2. The zero-order chi connectivity index (χ0) is 23.2. The normalized spacial score (nSPS) is 24.7. The Labute approximate surface area is 175 Å². The Kier molecular flexibility index (Phi) is 6.63. The van der Waals surface area contributed by atoms with Gasteiger partial charge in [-0.1, -0.05) is 0 Å². The Bertz CT molecular complexity index is 1120. The molecule has 0 amide bonds. The number of anilines is 2. The number of nitrogens with zero attached hydrogens (tertiary/aromatic N) is 4. The van der Waals surface area contributed by atoms with Crippen molar-refractivity contribution in [2.75, 3.05) is 11.5 Å². The van der Waals surface area contributed by atoms with Crippen molar-refractivity contribution in [3.8, 4) is 0 Å². The Morgan fingerprint density at radius 2 is 1.77 bits per heavy atom. The third-order valence-corrected chi connectivity index (χ3v) is 8.61. The summed E-state index contributed by atoms with van der Waals surface area (Å²) in [5, 5.41) is 0. The highest BCUT2D eigenvalue weighted by molar-refractivity contribution is 7.66. The largest absolute Gasteiger partial charge is 0.490 e. The number of hydrogen-bond donors (Lipinski definition) is 6. The van der Waals surface area contributed by atoms with E-state index in [1.165, 1.54) is 13.3 Å². The van der Waals surface area contributed by atoms with Crippen molar-refractivity contribution < 1.29 is 46.4 Å². The van der Waals surface area contributed by atoms with Crippen LogP contribution in [-0.2, 0) is 26.8 Å². The number of hydrogen-bond acceptors (Lipinski definition) is 11. The van der Waals surface area contributed by atoms with Gasteiger partial charge in [0.25, 0.3) is 0 Å². The number of imidazole rings is 1. The molecule has 174 valence electrons. The summed E-state index contributed by atoms with van der Waals surface area (Å²) in [5.41, 5.74) is 12.3. The van der Waals surface area contributed by atoms with E-state index in [1.54, 1.807) is 4.57 Å². The highest BCUT2D eigenvalue weighted by atomic mass is 31.3. The lowest BCUT2D eigenvalue weighted by atomic mass is 10.0. The van der Waals surface area contributed by atoms with E-state index < -0.39 is 29.6 Å². The topological polar surface area (TPSA) is 255 Å². The second-order valence-electron chi connectivity index (χ2n) is 6.92. The van der Waals surface area contributed by atoms with E-state index in [-0.39, 0.29) is 23.7 Å². The van der Waals surface area contributed by atoms with E-state index in [2.05, 4.69) is 23.6 Å². The lowest BCUT2D eigenvalue weighted by molar-refractivity contribution is 0.0979. The molecule has 3 unspecified atom stereocenters. The first-order valence-electron chi connectivity index (χ1n) is 8.73. The highest BCUT2D eigenvalue weighted by Crippen LogP contribution is 2.66. The molecule has 2 heterocycles. The van der Waals surface area contributed by atoms with E-state index in [1.807, 2.05) is 0 Å². The lowest BCUT2D eigenvalue weighted by Crippen LogP contribution is -2.18. The minimum absolute atomic E-state index is 0.0117. The fourth-order valence-corrected chi connectivity index (χ4v) is 6.74. The Morgan fingerprint density at radius 3 is 2.42 bits per heavy atom. The van der Waals surface area contributed by atoms with Gasteiger partial charge in [-0.2, -0.15) is 18.6 Å². The molecule has 1 aliphatic carbocycles. The molecule has 0 radical (unpaired) electrons. The molecule has 1 saturated carbocycles. The van der Waals surface area contributed by atoms with E-state index in [0.717, 1.165) is 0 Å². The molecule has 5 atom stereocenters. The van der Waals surface area contributed by atoms with Gasteiger partial charge in [0, 0.05) is 6.04 Å². The number of phosphoric acid groups is 3. The van der Waals surface area contributed by atoms with Crippen LogP contribution in [0.3, 0.4) is 0 Å². The molecular weight excluding hydrogens is 481 g/mol. The van der Waals surface area contributed by atoms with Crippen molar-refractivity contribution in [2.45, 2.75) is 38.3 Å². The van der Waals surface area contributed by atoms with Crippen molar-refractivity contribution >= 4 is 46.4 Å². The zero-order valence-corrected chi connectivity index (χ0v) is 18.6. The van der Waals surface area contributed by atoms with Crippen LogP contribution in [0.1, 0.15) is 32.2 Å². The summed E-state index contributed by atoms with van der Waals surface area (Å²) >= 11 is 0. The quantitative estimate of drug-likeness (QED) is 0.276. The molecule has 3 rings (SSSR count). The SMILES string of the molecule is CC(OP(=O)(O)OP(=O)(O)OP(=O)(O)O)[C@@H]1CC[C@H](n2cnc3c(N)nc(N)nc32)C1. The van der Waals surface area contributed by atoms with E-state index in [9.17, 15) is 23.5 Å². The summed E-state index contributed by atoms with van der Waals surface area (Å²) < 4.78 is 48.3. The number of phosphoric ester groups is 1. The number of aromatic nitrogens is 4. The summed E-state index contributed by atoms with van der Waals surface area (Å²) in [4.78, 5) is 48.3. The minimum atomic E-state index is -5.56. The summed E-state index contributed by atoms with van der Waals surface area (Å²) in [6.45, 7) is 1.45. The minimum Gasteiger partial charge on any atom is -0.382 e. The molecule has 2 aromatic heterocycles. The van der Waals surface area contributed by atoms with Gasteiger partial charge in [-0.3, -0.25) is 4.52 Å². The molecule has 0 saturated heterocycles. The van der Waals surface area contributed by atoms with Gasteiger partial charge in [-0.15, -0.1) is 0 Å².